The average Bonchev–Trinajstić information content (AvgIpc) is 3.29. The number of benzene rings is 4. The van der Waals surface area contributed by atoms with Crippen LogP contribution in [0.4, 0.5) is 0 Å². The summed E-state index contributed by atoms with van der Waals surface area (Å²) >= 11 is 0. The van der Waals surface area contributed by atoms with Gasteiger partial charge >= 0.3 is 11.9 Å². The molecule has 0 spiro atoms. The summed E-state index contributed by atoms with van der Waals surface area (Å²) < 4.78 is 21.6. The molecule has 0 saturated heterocycles. The van der Waals surface area contributed by atoms with Gasteiger partial charge in [-0.25, -0.2) is 4.79 Å². The van der Waals surface area contributed by atoms with E-state index in [1.165, 1.54) is 29.2 Å². The van der Waals surface area contributed by atoms with E-state index in [9.17, 15) is 9.59 Å². The highest BCUT2D eigenvalue weighted by atomic mass is 16.6. The van der Waals surface area contributed by atoms with Gasteiger partial charge in [0.05, 0.1) is 5.41 Å². The molecule has 1 aliphatic rings. The van der Waals surface area contributed by atoms with Crippen molar-refractivity contribution in [1.82, 2.24) is 0 Å². The fourth-order valence-corrected chi connectivity index (χ4v) is 5.33. The van der Waals surface area contributed by atoms with E-state index in [-0.39, 0.29) is 32.4 Å². The largest absolute Gasteiger partial charge is 0.490 e. The van der Waals surface area contributed by atoms with Crippen LogP contribution in [0.5, 0.6) is 11.5 Å². The van der Waals surface area contributed by atoms with Crippen molar-refractivity contribution in [2.75, 3.05) is 26.4 Å². The summed E-state index contributed by atoms with van der Waals surface area (Å²) in [5.41, 5.74) is 6.44. The summed E-state index contributed by atoms with van der Waals surface area (Å²) in [6.45, 7) is 5.65. The summed E-state index contributed by atoms with van der Waals surface area (Å²) in [5.74, 6) is 0.587. The predicted molar refractivity (Wildman–Crippen MR) is 153 cm³/mol. The standard InChI is InChI=1S/C34H30O6/c1-3-33(36)40-23-22-39-28-18-14-26(15-19-28)34(25-12-16-27(17-13-25)38-21-20-37-24(2)35)31-10-6-4-8-29(31)30-9-5-7-11-32(30)34/h3-19H,1,20-23H2,2H3. The summed E-state index contributed by atoms with van der Waals surface area (Å²) in [7, 11) is 0. The third kappa shape index (κ3) is 5.21. The van der Waals surface area contributed by atoms with Crippen LogP contribution in [0, 0.1) is 0 Å². The highest BCUT2D eigenvalue weighted by Crippen LogP contribution is 2.56. The van der Waals surface area contributed by atoms with Crippen molar-refractivity contribution in [2.24, 2.45) is 0 Å². The third-order valence-corrected chi connectivity index (χ3v) is 6.95. The SMILES string of the molecule is C=CC(=O)OCCOc1ccc(C2(c3ccc(OCCOC(C)=O)cc3)c3ccccc3-c3ccccc32)cc1. The first-order chi connectivity index (χ1) is 19.5. The number of esters is 2. The maximum Gasteiger partial charge on any atom is 0.330 e. The van der Waals surface area contributed by atoms with Crippen molar-refractivity contribution in [3.8, 4) is 22.6 Å². The van der Waals surface area contributed by atoms with Gasteiger partial charge in [-0.1, -0.05) is 79.4 Å². The molecule has 0 heterocycles. The topological polar surface area (TPSA) is 71.1 Å². The molecule has 0 amide bonds. The molecule has 0 aromatic heterocycles. The van der Waals surface area contributed by atoms with Gasteiger partial charge in [0.25, 0.3) is 0 Å². The van der Waals surface area contributed by atoms with Gasteiger partial charge in [0.1, 0.15) is 37.9 Å². The molecule has 1 aliphatic carbocycles. The molecule has 0 atom stereocenters. The second kappa shape index (κ2) is 11.9. The van der Waals surface area contributed by atoms with E-state index in [2.05, 4.69) is 79.4 Å². The minimum absolute atomic E-state index is 0.145. The molecule has 4 aromatic carbocycles. The first-order valence-electron chi connectivity index (χ1n) is 13.1. The van der Waals surface area contributed by atoms with E-state index in [1.807, 2.05) is 24.3 Å². The molecule has 40 heavy (non-hydrogen) atoms. The molecular weight excluding hydrogens is 504 g/mol. The van der Waals surface area contributed by atoms with Crippen molar-refractivity contribution >= 4 is 11.9 Å². The van der Waals surface area contributed by atoms with Crippen LogP contribution in [0.2, 0.25) is 0 Å². The third-order valence-electron chi connectivity index (χ3n) is 6.95. The molecule has 0 radical (unpaired) electrons. The highest BCUT2D eigenvalue weighted by molar-refractivity contribution is 5.86. The number of ether oxygens (including phenoxy) is 4. The van der Waals surface area contributed by atoms with Gasteiger partial charge in [-0.05, 0) is 57.6 Å². The van der Waals surface area contributed by atoms with Crippen molar-refractivity contribution in [1.29, 1.82) is 0 Å². The number of carbonyl (C=O) groups is 2. The van der Waals surface area contributed by atoms with Crippen molar-refractivity contribution in [3.63, 3.8) is 0 Å². The lowest BCUT2D eigenvalue weighted by atomic mass is 9.68. The first kappa shape index (κ1) is 26.8. The Balaban J connectivity index is 1.50. The summed E-state index contributed by atoms with van der Waals surface area (Å²) in [5, 5.41) is 0. The Kier molecular flexibility index (Phi) is 7.97. The molecule has 5 rings (SSSR count). The van der Waals surface area contributed by atoms with Gasteiger partial charge < -0.3 is 18.9 Å². The number of fused-ring (bicyclic) bond motifs is 3. The zero-order chi connectivity index (χ0) is 28.0. The molecule has 0 aliphatic heterocycles. The van der Waals surface area contributed by atoms with Gasteiger partial charge in [-0.2, -0.15) is 0 Å². The van der Waals surface area contributed by atoms with Gasteiger partial charge in [0.2, 0.25) is 0 Å². The van der Waals surface area contributed by atoms with E-state index in [0.29, 0.717) is 11.5 Å². The average molecular weight is 535 g/mol. The molecule has 4 aromatic rings. The molecule has 0 N–H and O–H groups in total. The Morgan fingerprint density at radius 3 is 1.55 bits per heavy atom. The molecule has 6 heteroatoms. The van der Waals surface area contributed by atoms with Gasteiger partial charge in [-0.15, -0.1) is 0 Å². The lowest BCUT2D eigenvalue weighted by Crippen LogP contribution is -2.28. The number of hydrogen-bond acceptors (Lipinski definition) is 6. The van der Waals surface area contributed by atoms with Gasteiger partial charge in [0.15, 0.2) is 0 Å². The highest BCUT2D eigenvalue weighted by Gasteiger charge is 2.45. The second-order valence-corrected chi connectivity index (χ2v) is 9.30. The van der Waals surface area contributed by atoms with Crippen LogP contribution in [0.1, 0.15) is 29.2 Å². The summed E-state index contributed by atoms with van der Waals surface area (Å²) in [4.78, 5) is 22.3. The smallest absolute Gasteiger partial charge is 0.330 e. The second-order valence-electron chi connectivity index (χ2n) is 9.30. The minimum atomic E-state index is -0.554. The summed E-state index contributed by atoms with van der Waals surface area (Å²) in [6.07, 6.45) is 1.13. The Labute approximate surface area is 233 Å². The van der Waals surface area contributed by atoms with Crippen LogP contribution >= 0.6 is 0 Å². The lowest BCUT2D eigenvalue weighted by Gasteiger charge is -2.34. The lowest BCUT2D eigenvalue weighted by molar-refractivity contribution is -0.141. The van der Waals surface area contributed by atoms with E-state index in [0.717, 1.165) is 17.2 Å². The summed E-state index contributed by atoms with van der Waals surface area (Å²) in [6, 6.07) is 33.2. The Morgan fingerprint density at radius 2 is 1.10 bits per heavy atom. The van der Waals surface area contributed by atoms with Crippen LogP contribution in [0.25, 0.3) is 11.1 Å². The van der Waals surface area contributed by atoms with Crippen molar-refractivity contribution in [2.45, 2.75) is 12.3 Å². The van der Waals surface area contributed by atoms with Crippen LogP contribution in [0.15, 0.2) is 110 Å². The predicted octanol–water partition coefficient (Wildman–Crippen LogP) is 6.10. The van der Waals surface area contributed by atoms with Gasteiger partial charge in [0, 0.05) is 13.0 Å². The fourth-order valence-electron chi connectivity index (χ4n) is 5.33. The number of hydrogen-bond donors (Lipinski definition) is 0. The van der Waals surface area contributed by atoms with Crippen LogP contribution in [-0.2, 0) is 24.5 Å². The Hall–Kier alpha value is -4.84. The number of rotatable bonds is 11. The minimum Gasteiger partial charge on any atom is -0.490 e. The molecule has 0 saturated carbocycles. The van der Waals surface area contributed by atoms with E-state index >= 15 is 0 Å². The molecule has 6 nitrogen and oxygen atoms in total. The van der Waals surface area contributed by atoms with E-state index in [4.69, 9.17) is 18.9 Å². The zero-order valence-corrected chi connectivity index (χ0v) is 22.3. The van der Waals surface area contributed by atoms with Crippen molar-refractivity contribution in [3.05, 3.63) is 132 Å². The zero-order valence-electron chi connectivity index (χ0n) is 22.3. The fraction of sp³-hybridized carbons (Fsp3) is 0.176. The normalized spacial score (nSPS) is 12.5. The molecular formula is C34H30O6. The van der Waals surface area contributed by atoms with E-state index in [1.54, 1.807) is 0 Å². The van der Waals surface area contributed by atoms with E-state index < -0.39 is 11.4 Å². The molecule has 202 valence electrons. The number of carbonyl (C=O) groups excluding carboxylic acids is 2. The molecule has 0 fully saturated rings. The van der Waals surface area contributed by atoms with Crippen LogP contribution < -0.4 is 9.47 Å². The van der Waals surface area contributed by atoms with Crippen molar-refractivity contribution < 1.29 is 28.5 Å². The Bertz CT molecular complexity index is 1460. The maximum absolute atomic E-state index is 11.3. The molecule has 0 unspecified atom stereocenters. The first-order valence-corrected chi connectivity index (χ1v) is 13.1. The van der Waals surface area contributed by atoms with Crippen LogP contribution in [0.3, 0.4) is 0 Å². The monoisotopic (exact) mass is 534 g/mol. The quantitative estimate of drug-likeness (QED) is 0.116. The molecule has 0 bridgehead atoms. The maximum atomic E-state index is 11.3. The van der Waals surface area contributed by atoms with Gasteiger partial charge in [-0.3, -0.25) is 4.79 Å². The Morgan fingerprint density at radius 1 is 0.650 bits per heavy atom. The van der Waals surface area contributed by atoms with Crippen LogP contribution in [-0.4, -0.2) is 38.4 Å².